The van der Waals surface area contributed by atoms with E-state index in [9.17, 15) is 4.79 Å². The fraction of sp³-hybridized carbons (Fsp3) is 0.632. The minimum absolute atomic E-state index is 0.00111. The molecule has 1 aliphatic heterocycles. The first kappa shape index (κ1) is 24.8. The first-order valence-electron chi connectivity index (χ1n) is 8.57. The Morgan fingerprint density at radius 1 is 0.857 bits per heavy atom. The summed E-state index contributed by atoms with van der Waals surface area (Å²) in [5, 5.41) is 0. The third kappa shape index (κ3) is 9.41. The lowest BCUT2D eigenvalue weighted by Gasteiger charge is -2.17. The maximum atomic E-state index is 11.5. The summed E-state index contributed by atoms with van der Waals surface area (Å²) < 4.78 is 0. The van der Waals surface area contributed by atoms with E-state index in [4.69, 9.17) is 0 Å². The predicted octanol–water partition coefficient (Wildman–Crippen LogP) is 5.74. The van der Waals surface area contributed by atoms with Gasteiger partial charge in [0.15, 0.2) is 5.78 Å². The predicted molar refractivity (Wildman–Crippen MR) is 96.8 cm³/mol. The molecule has 1 saturated heterocycles. The number of hydrogen-bond acceptors (Lipinski definition) is 2. The minimum atomic E-state index is 0.00111. The Bertz CT molecular complexity index is 309. The number of carbonyl (C=O) groups excluding carboxylic acids is 1. The maximum absolute atomic E-state index is 11.5. The van der Waals surface area contributed by atoms with Crippen molar-refractivity contribution < 1.29 is 4.79 Å². The number of rotatable bonds is 1. The second-order valence-electron chi connectivity index (χ2n) is 3.51. The van der Waals surface area contributed by atoms with Crippen LogP contribution in [0.5, 0.6) is 0 Å². The fourth-order valence-electron chi connectivity index (χ4n) is 1.87. The molecule has 0 amide bonds. The van der Waals surface area contributed by atoms with E-state index in [-0.39, 0.29) is 6.04 Å². The van der Waals surface area contributed by atoms with Crippen molar-refractivity contribution in [1.29, 1.82) is 0 Å². The van der Waals surface area contributed by atoms with Crippen molar-refractivity contribution in [3.63, 3.8) is 0 Å². The molecule has 1 aromatic rings. The van der Waals surface area contributed by atoms with E-state index in [2.05, 4.69) is 4.90 Å². The molecule has 0 spiro atoms. The molecule has 1 aromatic carbocycles. The summed E-state index contributed by atoms with van der Waals surface area (Å²) in [6.07, 6.45) is 0.691. The number of benzene rings is 1. The van der Waals surface area contributed by atoms with Crippen molar-refractivity contribution in [2.24, 2.45) is 0 Å². The molecule has 124 valence electrons. The van der Waals surface area contributed by atoms with Crippen LogP contribution in [-0.2, 0) is 4.79 Å². The first-order valence-corrected chi connectivity index (χ1v) is 8.57. The number of likely N-dealkylation sites (tertiary alicyclic amines) is 1. The molecular formula is C19H37NO. The highest BCUT2D eigenvalue weighted by Crippen LogP contribution is 2.26. The summed E-state index contributed by atoms with van der Waals surface area (Å²) in [7, 11) is 2.00. The van der Waals surface area contributed by atoms with Crippen LogP contribution in [0, 0.1) is 0 Å². The van der Waals surface area contributed by atoms with Crippen LogP contribution in [0.3, 0.4) is 0 Å². The van der Waals surface area contributed by atoms with Gasteiger partial charge in [0, 0.05) is 13.0 Å². The molecule has 2 heteroatoms. The number of hydrogen-bond donors (Lipinski definition) is 0. The van der Waals surface area contributed by atoms with Crippen LogP contribution in [0.15, 0.2) is 30.3 Å². The van der Waals surface area contributed by atoms with Gasteiger partial charge in [0.05, 0.1) is 6.04 Å². The number of nitrogens with zero attached hydrogens (tertiary/aromatic N) is 1. The van der Waals surface area contributed by atoms with Crippen LogP contribution in [0.25, 0.3) is 0 Å². The van der Waals surface area contributed by atoms with Gasteiger partial charge in [-0.2, -0.15) is 0 Å². The monoisotopic (exact) mass is 295 g/mol. The van der Waals surface area contributed by atoms with Gasteiger partial charge in [-0.1, -0.05) is 85.7 Å². The highest BCUT2D eigenvalue weighted by molar-refractivity contribution is 5.87. The van der Waals surface area contributed by atoms with Gasteiger partial charge < -0.3 is 0 Å². The highest BCUT2D eigenvalue weighted by atomic mass is 16.1. The Balaban J connectivity index is -0.000000353. The van der Waals surface area contributed by atoms with Crippen molar-refractivity contribution >= 4 is 5.78 Å². The molecule has 0 N–H and O–H groups in total. The zero-order chi connectivity index (χ0) is 17.3. The number of Topliss-reactive ketones (excluding diaryl/α,β-unsaturated/α-hetero) is 1. The van der Waals surface area contributed by atoms with Crippen molar-refractivity contribution in [1.82, 2.24) is 4.90 Å². The van der Waals surface area contributed by atoms with Crippen LogP contribution in [-0.4, -0.2) is 24.3 Å². The van der Waals surface area contributed by atoms with Crippen LogP contribution in [0.4, 0.5) is 0 Å². The number of ketones is 1. The van der Waals surface area contributed by atoms with E-state index in [1.54, 1.807) is 0 Å². The van der Waals surface area contributed by atoms with Gasteiger partial charge in [-0.05, 0) is 12.6 Å². The molecule has 2 rings (SSSR count). The van der Waals surface area contributed by atoms with Crippen LogP contribution in [0.2, 0.25) is 0 Å². The summed E-state index contributed by atoms with van der Waals surface area (Å²) in [6.45, 7) is 16.9. The van der Waals surface area contributed by atoms with Gasteiger partial charge in [-0.3, -0.25) is 9.69 Å². The van der Waals surface area contributed by atoms with E-state index >= 15 is 0 Å². The standard InChI is InChI=1S/C11H13NO.4C2H6/c1-12-8-7-10(13)11(12)9-5-3-2-4-6-9;4*1-2/h2-6,11H,7-8H2,1H3;4*1-2H3. The van der Waals surface area contributed by atoms with Gasteiger partial charge in [0.2, 0.25) is 0 Å². The van der Waals surface area contributed by atoms with E-state index in [1.807, 2.05) is 92.8 Å². The summed E-state index contributed by atoms with van der Waals surface area (Å²) in [6, 6.07) is 9.97. The molecule has 21 heavy (non-hydrogen) atoms. The smallest absolute Gasteiger partial charge is 0.155 e. The van der Waals surface area contributed by atoms with E-state index < -0.39 is 0 Å². The zero-order valence-corrected chi connectivity index (χ0v) is 15.7. The normalized spacial score (nSPS) is 15.9. The molecule has 1 aliphatic rings. The first-order chi connectivity index (χ1) is 10.3. The van der Waals surface area contributed by atoms with E-state index in [1.165, 1.54) is 0 Å². The van der Waals surface area contributed by atoms with Crippen LogP contribution < -0.4 is 0 Å². The van der Waals surface area contributed by atoms with Crippen molar-refractivity contribution in [3.05, 3.63) is 35.9 Å². The van der Waals surface area contributed by atoms with Gasteiger partial charge in [-0.15, -0.1) is 0 Å². The molecule has 0 aromatic heterocycles. The highest BCUT2D eigenvalue weighted by Gasteiger charge is 2.30. The molecular weight excluding hydrogens is 258 g/mol. The average molecular weight is 296 g/mol. The topological polar surface area (TPSA) is 20.3 Å². The van der Waals surface area contributed by atoms with E-state index in [0.29, 0.717) is 12.2 Å². The lowest BCUT2D eigenvalue weighted by molar-refractivity contribution is -0.119. The number of likely N-dealkylation sites (N-methyl/N-ethyl adjacent to an activating group) is 1. The lowest BCUT2D eigenvalue weighted by atomic mass is 10.0. The third-order valence-corrected chi connectivity index (χ3v) is 2.57. The average Bonchev–Trinajstić information content (AvgIpc) is 2.94. The van der Waals surface area contributed by atoms with Crippen molar-refractivity contribution in [3.8, 4) is 0 Å². The lowest BCUT2D eigenvalue weighted by Crippen LogP contribution is -2.20. The minimum Gasteiger partial charge on any atom is -0.297 e. The van der Waals surface area contributed by atoms with Gasteiger partial charge in [0.25, 0.3) is 0 Å². The molecule has 1 atom stereocenters. The SMILES string of the molecule is CC.CC.CC.CC.CN1CCC(=O)C1c1ccccc1. The van der Waals surface area contributed by atoms with Gasteiger partial charge in [0.1, 0.15) is 0 Å². The molecule has 2 nitrogen and oxygen atoms in total. The Labute approximate surface area is 133 Å². The second-order valence-corrected chi connectivity index (χ2v) is 3.51. The van der Waals surface area contributed by atoms with Gasteiger partial charge in [-0.25, -0.2) is 0 Å². The van der Waals surface area contributed by atoms with Gasteiger partial charge >= 0.3 is 0 Å². The Morgan fingerprint density at radius 2 is 1.29 bits per heavy atom. The van der Waals surface area contributed by atoms with Crippen LogP contribution in [0.1, 0.15) is 73.4 Å². The molecule has 1 heterocycles. The molecule has 0 radical (unpaired) electrons. The zero-order valence-electron chi connectivity index (χ0n) is 15.7. The van der Waals surface area contributed by atoms with Crippen molar-refractivity contribution in [2.45, 2.75) is 67.9 Å². The van der Waals surface area contributed by atoms with Crippen molar-refractivity contribution in [2.75, 3.05) is 13.6 Å². The Hall–Kier alpha value is -1.15. The third-order valence-electron chi connectivity index (χ3n) is 2.57. The molecule has 0 saturated carbocycles. The Morgan fingerprint density at radius 3 is 1.62 bits per heavy atom. The summed E-state index contributed by atoms with van der Waals surface area (Å²) in [5.74, 6) is 0.341. The maximum Gasteiger partial charge on any atom is 0.155 e. The number of carbonyl (C=O) groups is 1. The largest absolute Gasteiger partial charge is 0.297 e. The quantitative estimate of drug-likeness (QED) is 0.658. The van der Waals surface area contributed by atoms with E-state index in [0.717, 1.165) is 12.1 Å². The summed E-state index contributed by atoms with van der Waals surface area (Å²) in [4.78, 5) is 13.7. The molecule has 0 aliphatic carbocycles. The summed E-state index contributed by atoms with van der Waals surface area (Å²) in [5.41, 5.74) is 1.12. The fourth-order valence-corrected chi connectivity index (χ4v) is 1.87. The molecule has 1 fully saturated rings. The molecule has 0 bridgehead atoms. The van der Waals surface area contributed by atoms with Crippen LogP contribution >= 0.6 is 0 Å². The Kier molecular flexibility index (Phi) is 22.3. The second kappa shape index (κ2) is 18.9. The molecule has 1 unspecified atom stereocenters. The summed E-state index contributed by atoms with van der Waals surface area (Å²) >= 11 is 0.